The number of rotatable bonds is 2. The second-order valence-electron chi connectivity index (χ2n) is 6.78. The lowest BCUT2D eigenvalue weighted by atomic mass is 9.63. The third-order valence-electron chi connectivity index (χ3n) is 5.56. The van der Waals surface area contributed by atoms with Crippen molar-refractivity contribution in [3.63, 3.8) is 0 Å². The Bertz CT molecular complexity index is 519. The Morgan fingerprint density at radius 3 is 2.57 bits per heavy atom. The van der Waals surface area contributed by atoms with Gasteiger partial charge in [-0.25, -0.2) is 0 Å². The highest BCUT2D eigenvalue weighted by atomic mass is 15.5. The van der Waals surface area contributed by atoms with Crippen LogP contribution in [0.15, 0.2) is 35.4 Å². The molecular weight excluding hydrogens is 258 g/mol. The van der Waals surface area contributed by atoms with Crippen molar-refractivity contribution in [2.45, 2.75) is 62.9 Å². The summed E-state index contributed by atoms with van der Waals surface area (Å²) in [6.07, 6.45) is 10.9. The fourth-order valence-corrected chi connectivity index (χ4v) is 4.18. The Kier molecular flexibility index (Phi) is 3.36. The summed E-state index contributed by atoms with van der Waals surface area (Å²) in [4.78, 5) is 2.59. The van der Waals surface area contributed by atoms with E-state index >= 15 is 0 Å². The molecule has 2 aliphatic heterocycles. The van der Waals surface area contributed by atoms with Gasteiger partial charge in [0, 0.05) is 6.54 Å². The Hall–Kier alpha value is -1.51. The van der Waals surface area contributed by atoms with Crippen LogP contribution in [-0.2, 0) is 5.41 Å². The molecule has 2 heterocycles. The van der Waals surface area contributed by atoms with Crippen LogP contribution < -0.4 is 5.43 Å². The minimum absolute atomic E-state index is 0.183. The van der Waals surface area contributed by atoms with Crippen LogP contribution in [0.3, 0.4) is 0 Å². The molecule has 112 valence electrons. The van der Waals surface area contributed by atoms with E-state index in [1.54, 1.807) is 0 Å². The molecule has 1 unspecified atom stereocenters. The Morgan fingerprint density at radius 1 is 1.00 bits per heavy atom. The van der Waals surface area contributed by atoms with Crippen molar-refractivity contribution in [2.24, 2.45) is 5.10 Å². The van der Waals surface area contributed by atoms with E-state index in [2.05, 4.69) is 40.7 Å². The van der Waals surface area contributed by atoms with Gasteiger partial charge >= 0.3 is 0 Å². The molecular formula is C18H25N3. The van der Waals surface area contributed by atoms with E-state index in [1.807, 2.05) is 0 Å². The largest absolute Gasteiger partial charge is 0.336 e. The fraction of sp³-hybridized carbons (Fsp3) is 0.611. The van der Waals surface area contributed by atoms with Crippen LogP contribution in [-0.4, -0.2) is 23.4 Å². The molecule has 1 aromatic rings. The number of benzene rings is 1. The van der Waals surface area contributed by atoms with Crippen LogP contribution in [0.5, 0.6) is 0 Å². The van der Waals surface area contributed by atoms with Gasteiger partial charge in [0.15, 0.2) is 0 Å². The summed E-state index contributed by atoms with van der Waals surface area (Å²) < 4.78 is 0. The molecule has 1 N–H and O–H groups in total. The molecule has 3 heteroatoms. The van der Waals surface area contributed by atoms with Crippen LogP contribution in [0.4, 0.5) is 0 Å². The maximum Gasteiger partial charge on any atom is 0.137 e. The van der Waals surface area contributed by atoms with Gasteiger partial charge in [-0.05, 0) is 37.7 Å². The zero-order valence-corrected chi connectivity index (χ0v) is 12.7. The second kappa shape index (κ2) is 5.36. The van der Waals surface area contributed by atoms with Gasteiger partial charge in [0.25, 0.3) is 0 Å². The predicted molar refractivity (Wildman–Crippen MR) is 86.1 cm³/mol. The highest BCUT2D eigenvalue weighted by Gasteiger charge is 2.48. The van der Waals surface area contributed by atoms with Crippen molar-refractivity contribution in [3.8, 4) is 0 Å². The third-order valence-corrected chi connectivity index (χ3v) is 5.56. The number of nitrogens with one attached hydrogen (secondary N) is 1. The monoisotopic (exact) mass is 283 g/mol. The zero-order chi connectivity index (χ0) is 14.1. The summed E-state index contributed by atoms with van der Waals surface area (Å²) in [6, 6.07) is 11.0. The second-order valence-corrected chi connectivity index (χ2v) is 6.78. The summed E-state index contributed by atoms with van der Waals surface area (Å²) in [6.45, 7) is 1.17. The molecule has 3 aliphatic rings. The number of fused-ring (bicyclic) bond motifs is 1. The summed E-state index contributed by atoms with van der Waals surface area (Å²) in [5, 5.41) is 4.83. The highest BCUT2D eigenvalue weighted by molar-refractivity contribution is 5.95. The van der Waals surface area contributed by atoms with Gasteiger partial charge < -0.3 is 4.90 Å². The number of hydrazone groups is 1. The van der Waals surface area contributed by atoms with Gasteiger partial charge in [-0.15, -0.1) is 0 Å². The van der Waals surface area contributed by atoms with E-state index in [4.69, 9.17) is 5.10 Å². The maximum absolute atomic E-state index is 4.83. The molecule has 2 fully saturated rings. The van der Waals surface area contributed by atoms with E-state index in [0.717, 1.165) is 0 Å². The molecule has 0 amide bonds. The van der Waals surface area contributed by atoms with Crippen LogP contribution >= 0.6 is 0 Å². The molecule has 1 aliphatic carbocycles. The summed E-state index contributed by atoms with van der Waals surface area (Å²) in [7, 11) is 0. The Morgan fingerprint density at radius 2 is 1.81 bits per heavy atom. The van der Waals surface area contributed by atoms with Crippen molar-refractivity contribution in [1.29, 1.82) is 0 Å². The lowest BCUT2D eigenvalue weighted by Gasteiger charge is -2.46. The van der Waals surface area contributed by atoms with E-state index in [0.29, 0.717) is 6.17 Å². The van der Waals surface area contributed by atoms with E-state index in [9.17, 15) is 0 Å². The molecule has 3 nitrogen and oxygen atoms in total. The van der Waals surface area contributed by atoms with Gasteiger partial charge in [0.05, 0.1) is 5.41 Å². The molecule has 1 saturated heterocycles. The Balaban J connectivity index is 1.65. The minimum Gasteiger partial charge on any atom is -0.336 e. The SMILES string of the molecule is c1ccc(C2(C3=NNC4CCCCCCN34)CCC2)cc1. The minimum atomic E-state index is 0.183. The van der Waals surface area contributed by atoms with Crippen molar-refractivity contribution in [2.75, 3.05) is 6.54 Å². The van der Waals surface area contributed by atoms with Gasteiger partial charge in [0.2, 0.25) is 0 Å². The molecule has 4 rings (SSSR count). The molecule has 0 bridgehead atoms. The van der Waals surface area contributed by atoms with Gasteiger partial charge in [-0.2, -0.15) is 5.10 Å². The first-order valence-electron chi connectivity index (χ1n) is 8.56. The fourth-order valence-electron chi connectivity index (χ4n) is 4.18. The normalized spacial score (nSPS) is 27.7. The highest BCUT2D eigenvalue weighted by Crippen LogP contribution is 2.47. The summed E-state index contributed by atoms with van der Waals surface area (Å²) >= 11 is 0. The van der Waals surface area contributed by atoms with Crippen molar-refractivity contribution in [1.82, 2.24) is 10.3 Å². The van der Waals surface area contributed by atoms with E-state index in [1.165, 1.54) is 69.3 Å². The Labute approximate surface area is 127 Å². The van der Waals surface area contributed by atoms with Crippen LogP contribution in [0.25, 0.3) is 0 Å². The molecule has 1 aromatic carbocycles. The van der Waals surface area contributed by atoms with Crippen molar-refractivity contribution >= 4 is 5.84 Å². The first kappa shape index (κ1) is 13.2. The van der Waals surface area contributed by atoms with Crippen LogP contribution in [0.2, 0.25) is 0 Å². The molecule has 21 heavy (non-hydrogen) atoms. The molecule has 1 saturated carbocycles. The van der Waals surface area contributed by atoms with Gasteiger partial charge in [-0.3, -0.25) is 5.43 Å². The molecule has 0 aromatic heterocycles. The summed E-state index contributed by atoms with van der Waals surface area (Å²) in [5.41, 5.74) is 5.07. The quantitative estimate of drug-likeness (QED) is 0.897. The predicted octanol–water partition coefficient (Wildman–Crippen LogP) is 3.62. The van der Waals surface area contributed by atoms with E-state index in [-0.39, 0.29) is 5.41 Å². The van der Waals surface area contributed by atoms with Gasteiger partial charge in [-0.1, -0.05) is 49.6 Å². The lowest BCUT2D eigenvalue weighted by molar-refractivity contribution is 0.227. The van der Waals surface area contributed by atoms with Crippen LogP contribution in [0.1, 0.15) is 56.9 Å². The van der Waals surface area contributed by atoms with Crippen molar-refractivity contribution in [3.05, 3.63) is 35.9 Å². The lowest BCUT2D eigenvalue weighted by Crippen LogP contribution is -2.52. The first-order chi connectivity index (χ1) is 10.4. The smallest absolute Gasteiger partial charge is 0.137 e. The van der Waals surface area contributed by atoms with Crippen LogP contribution in [0, 0.1) is 0 Å². The number of amidine groups is 1. The van der Waals surface area contributed by atoms with Crippen molar-refractivity contribution < 1.29 is 0 Å². The van der Waals surface area contributed by atoms with E-state index < -0.39 is 0 Å². The summed E-state index contributed by atoms with van der Waals surface area (Å²) in [5.74, 6) is 1.33. The maximum atomic E-state index is 4.83. The number of hydrogen-bond donors (Lipinski definition) is 1. The third kappa shape index (κ3) is 2.14. The topological polar surface area (TPSA) is 27.6 Å². The standard InChI is InChI=1S/C18H25N3/c1-2-7-14-21-16(11-6-1)19-20-17(21)18(12-8-13-18)15-9-4-3-5-10-15/h3-5,9-10,16,19H,1-2,6-8,11-14H2. The zero-order valence-electron chi connectivity index (χ0n) is 12.7. The molecule has 1 atom stereocenters. The molecule has 0 radical (unpaired) electrons. The average Bonchev–Trinajstić information content (AvgIpc) is 2.81. The average molecular weight is 283 g/mol. The number of hydrogen-bond acceptors (Lipinski definition) is 3. The molecule has 0 spiro atoms. The first-order valence-corrected chi connectivity index (χ1v) is 8.56. The number of nitrogens with zero attached hydrogens (tertiary/aromatic N) is 2. The van der Waals surface area contributed by atoms with Gasteiger partial charge in [0.1, 0.15) is 12.0 Å².